The van der Waals surface area contributed by atoms with Crippen molar-refractivity contribution in [3.63, 3.8) is 0 Å². The van der Waals surface area contributed by atoms with Gasteiger partial charge >= 0.3 is 0 Å². The molecular weight excluding hydrogens is 352 g/mol. The normalized spacial score (nSPS) is 13.0. The van der Waals surface area contributed by atoms with Gasteiger partial charge in [-0.1, -0.05) is 68.2 Å². The largest absolute Gasteiger partial charge is 0.399 e. The Labute approximate surface area is 175 Å². The SMILES string of the molecule is C=C/C=C\Nc1ccc(C(=C)/C=C\C(C)=C/CC(C)c2cc(N)ccc2C)cc1. The van der Waals surface area contributed by atoms with Crippen LogP contribution in [0, 0.1) is 6.92 Å². The number of hydrogen-bond acceptors (Lipinski definition) is 2. The maximum Gasteiger partial charge on any atom is 0.0380 e. The standard InChI is InChI=1S/C27H32N2/c1-6-7-18-29-26-16-13-24(14-17-26)21(3)10-8-20(2)9-11-22(4)27-19-25(28)15-12-23(27)5/h6-10,12-19,22,29H,1,3,11,28H2,2,4-5H3/b10-8-,18-7-,20-9-. The lowest BCUT2D eigenvalue weighted by atomic mass is 9.92. The highest BCUT2D eigenvalue weighted by atomic mass is 14.8. The third-order valence-corrected chi connectivity index (χ3v) is 4.91. The van der Waals surface area contributed by atoms with Crippen LogP contribution in [0.15, 0.2) is 97.8 Å². The van der Waals surface area contributed by atoms with E-state index in [1.807, 2.05) is 30.5 Å². The van der Waals surface area contributed by atoms with E-state index < -0.39 is 0 Å². The maximum absolute atomic E-state index is 5.95. The number of rotatable bonds is 9. The van der Waals surface area contributed by atoms with Crippen molar-refractivity contribution in [3.05, 3.63) is 114 Å². The van der Waals surface area contributed by atoms with Crippen molar-refractivity contribution in [2.24, 2.45) is 0 Å². The zero-order chi connectivity index (χ0) is 21.2. The van der Waals surface area contributed by atoms with Gasteiger partial charge in [-0.05, 0) is 78.8 Å². The van der Waals surface area contributed by atoms with Gasteiger partial charge in [0.15, 0.2) is 0 Å². The molecule has 0 amide bonds. The first-order valence-corrected chi connectivity index (χ1v) is 9.95. The molecule has 0 saturated carbocycles. The van der Waals surface area contributed by atoms with Gasteiger partial charge in [-0.3, -0.25) is 0 Å². The summed E-state index contributed by atoms with van der Waals surface area (Å²) < 4.78 is 0. The quantitative estimate of drug-likeness (QED) is 0.349. The van der Waals surface area contributed by atoms with Crippen molar-refractivity contribution in [1.29, 1.82) is 0 Å². The Hall–Kier alpha value is -3.26. The molecule has 0 aromatic heterocycles. The molecule has 0 heterocycles. The molecular formula is C27H32N2. The van der Waals surface area contributed by atoms with E-state index in [0.717, 1.165) is 28.9 Å². The Balaban J connectivity index is 1.95. The van der Waals surface area contributed by atoms with Crippen LogP contribution in [0.2, 0.25) is 0 Å². The summed E-state index contributed by atoms with van der Waals surface area (Å²) in [4.78, 5) is 0. The zero-order valence-electron chi connectivity index (χ0n) is 17.8. The molecule has 0 saturated heterocycles. The van der Waals surface area contributed by atoms with E-state index in [4.69, 9.17) is 5.73 Å². The molecule has 1 atom stereocenters. The van der Waals surface area contributed by atoms with Crippen molar-refractivity contribution in [1.82, 2.24) is 0 Å². The molecule has 2 aromatic rings. The minimum absolute atomic E-state index is 0.431. The summed E-state index contributed by atoms with van der Waals surface area (Å²) >= 11 is 0. The fourth-order valence-corrected chi connectivity index (χ4v) is 3.07. The topological polar surface area (TPSA) is 38.0 Å². The van der Waals surface area contributed by atoms with E-state index in [1.54, 1.807) is 6.08 Å². The van der Waals surface area contributed by atoms with Crippen LogP contribution in [0.3, 0.4) is 0 Å². The first-order chi connectivity index (χ1) is 13.9. The number of nitrogen functional groups attached to an aromatic ring is 1. The van der Waals surface area contributed by atoms with Crippen LogP contribution in [-0.4, -0.2) is 0 Å². The number of hydrogen-bond donors (Lipinski definition) is 2. The summed E-state index contributed by atoms with van der Waals surface area (Å²) in [5.41, 5.74) is 13.7. The van der Waals surface area contributed by atoms with Crippen molar-refractivity contribution < 1.29 is 0 Å². The predicted molar refractivity (Wildman–Crippen MR) is 130 cm³/mol. The molecule has 0 fully saturated rings. The summed E-state index contributed by atoms with van der Waals surface area (Å²) in [5.74, 6) is 0.431. The lowest BCUT2D eigenvalue weighted by molar-refractivity contribution is 0.772. The van der Waals surface area contributed by atoms with Gasteiger partial charge in [-0.25, -0.2) is 0 Å². The molecule has 0 aliphatic carbocycles. The molecule has 0 bridgehead atoms. The smallest absolute Gasteiger partial charge is 0.0380 e. The summed E-state index contributed by atoms with van der Waals surface area (Å²) in [6.07, 6.45) is 12.9. The van der Waals surface area contributed by atoms with Gasteiger partial charge in [0.05, 0.1) is 0 Å². The van der Waals surface area contributed by atoms with E-state index in [2.05, 4.69) is 81.7 Å². The number of anilines is 2. The Morgan fingerprint density at radius 3 is 2.55 bits per heavy atom. The Morgan fingerprint density at radius 2 is 1.86 bits per heavy atom. The van der Waals surface area contributed by atoms with Crippen LogP contribution in [-0.2, 0) is 0 Å². The number of nitrogens with one attached hydrogen (secondary N) is 1. The van der Waals surface area contributed by atoms with Gasteiger partial charge in [-0.15, -0.1) is 0 Å². The molecule has 0 aliphatic rings. The van der Waals surface area contributed by atoms with Crippen LogP contribution in [0.1, 0.15) is 42.9 Å². The van der Waals surface area contributed by atoms with Gasteiger partial charge in [0.1, 0.15) is 0 Å². The van der Waals surface area contributed by atoms with E-state index in [9.17, 15) is 0 Å². The highest BCUT2D eigenvalue weighted by molar-refractivity contribution is 5.73. The Kier molecular flexibility index (Phi) is 8.29. The molecule has 1 unspecified atom stereocenters. The van der Waals surface area contributed by atoms with Crippen LogP contribution in [0.4, 0.5) is 11.4 Å². The molecule has 2 nitrogen and oxygen atoms in total. The molecule has 3 N–H and O–H groups in total. The van der Waals surface area contributed by atoms with Crippen molar-refractivity contribution >= 4 is 16.9 Å². The van der Waals surface area contributed by atoms with Gasteiger partial charge in [0.2, 0.25) is 0 Å². The predicted octanol–water partition coefficient (Wildman–Crippen LogP) is 7.40. The van der Waals surface area contributed by atoms with E-state index in [-0.39, 0.29) is 0 Å². The first-order valence-electron chi connectivity index (χ1n) is 9.95. The molecule has 0 radical (unpaired) electrons. The first kappa shape index (κ1) is 22.0. The number of aryl methyl sites for hydroxylation is 1. The fourth-order valence-electron chi connectivity index (χ4n) is 3.07. The maximum atomic E-state index is 5.95. The highest BCUT2D eigenvalue weighted by Gasteiger charge is 2.07. The van der Waals surface area contributed by atoms with Crippen molar-refractivity contribution in [2.45, 2.75) is 33.1 Å². The lowest BCUT2D eigenvalue weighted by Crippen LogP contribution is -1.97. The minimum Gasteiger partial charge on any atom is -0.399 e. The van der Waals surface area contributed by atoms with E-state index in [0.29, 0.717) is 5.92 Å². The summed E-state index contributed by atoms with van der Waals surface area (Å²) in [7, 11) is 0. The molecule has 150 valence electrons. The Morgan fingerprint density at radius 1 is 1.14 bits per heavy atom. The molecule has 29 heavy (non-hydrogen) atoms. The molecule has 2 aromatic carbocycles. The molecule has 2 rings (SSSR count). The number of nitrogens with two attached hydrogens (primary N) is 1. The van der Waals surface area contributed by atoms with Crippen molar-refractivity contribution in [3.8, 4) is 0 Å². The average molecular weight is 385 g/mol. The van der Waals surface area contributed by atoms with Crippen LogP contribution < -0.4 is 11.1 Å². The Bertz CT molecular complexity index is 928. The third-order valence-electron chi connectivity index (χ3n) is 4.91. The zero-order valence-corrected chi connectivity index (χ0v) is 17.8. The third kappa shape index (κ3) is 7.00. The van der Waals surface area contributed by atoms with Gasteiger partial charge in [0.25, 0.3) is 0 Å². The van der Waals surface area contributed by atoms with Gasteiger partial charge in [0, 0.05) is 17.6 Å². The van der Waals surface area contributed by atoms with E-state index in [1.165, 1.54) is 16.7 Å². The van der Waals surface area contributed by atoms with Crippen LogP contribution >= 0.6 is 0 Å². The second-order valence-electron chi connectivity index (χ2n) is 7.38. The van der Waals surface area contributed by atoms with Crippen LogP contribution in [0.5, 0.6) is 0 Å². The average Bonchev–Trinajstić information content (AvgIpc) is 2.72. The second kappa shape index (κ2) is 10.9. The van der Waals surface area contributed by atoms with Gasteiger partial charge < -0.3 is 11.1 Å². The number of benzene rings is 2. The summed E-state index contributed by atoms with van der Waals surface area (Å²) in [6, 6.07) is 14.4. The highest BCUT2D eigenvalue weighted by Crippen LogP contribution is 2.26. The monoisotopic (exact) mass is 384 g/mol. The van der Waals surface area contributed by atoms with Crippen molar-refractivity contribution in [2.75, 3.05) is 11.1 Å². The lowest BCUT2D eigenvalue weighted by Gasteiger charge is -2.14. The number of allylic oxidation sites excluding steroid dienone is 7. The fraction of sp³-hybridized carbons (Fsp3) is 0.185. The van der Waals surface area contributed by atoms with E-state index >= 15 is 0 Å². The summed E-state index contributed by atoms with van der Waals surface area (Å²) in [6.45, 7) is 14.4. The molecule has 0 aliphatic heterocycles. The van der Waals surface area contributed by atoms with Gasteiger partial charge in [-0.2, -0.15) is 0 Å². The molecule has 2 heteroatoms. The minimum atomic E-state index is 0.431. The summed E-state index contributed by atoms with van der Waals surface area (Å²) in [5, 5.41) is 3.19. The molecule has 0 spiro atoms. The van der Waals surface area contributed by atoms with Crippen LogP contribution in [0.25, 0.3) is 5.57 Å². The second-order valence-corrected chi connectivity index (χ2v) is 7.38.